The summed E-state index contributed by atoms with van der Waals surface area (Å²) >= 11 is 0. The van der Waals surface area contributed by atoms with Gasteiger partial charge in [-0.25, -0.2) is 0 Å². The van der Waals surface area contributed by atoms with Crippen molar-refractivity contribution in [3.63, 3.8) is 0 Å². The fraction of sp³-hybridized carbons (Fsp3) is 0.750. The summed E-state index contributed by atoms with van der Waals surface area (Å²) in [7, 11) is 0. The average molecular weight is 336 g/mol. The van der Waals surface area contributed by atoms with Crippen LogP contribution in [0.4, 0.5) is 0 Å². The van der Waals surface area contributed by atoms with Crippen molar-refractivity contribution in [3.8, 4) is 0 Å². The van der Waals surface area contributed by atoms with Gasteiger partial charge in [0.2, 0.25) is 0 Å². The maximum absolute atomic E-state index is 11.6. The largest absolute Gasteiger partial charge is 1.00 e. The Hall–Kier alpha value is -0.400. The van der Waals surface area contributed by atoms with Crippen molar-refractivity contribution >= 4 is 11.9 Å². The average Bonchev–Trinajstić information content (AvgIpc) is 2.43. The van der Waals surface area contributed by atoms with Gasteiger partial charge in [-0.3, -0.25) is 9.69 Å². The number of aliphatic hydroxyl groups excluding tert-OH is 1. The van der Waals surface area contributed by atoms with Crippen LogP contribution in [0.1, 0.15) is 46.0 Å². The topological polar surface area (TPSA) is 96.2 Å². The summed E-state index contributed by atoms with van der Waals surface area (Å²) in [5, 5.41) is 29.7. The van der Waals surface area contributed by atoms with E-state index in [1.807, 2.05) is 11.0 Å². The molecule has 0 amide bonds. The predicted octanol–water partition coefficient (Wildman–Crippen LogP) is -1.96. The van der Waals surface area contributed by atoms with Crippen molar-refractivity contribution in [3.05, 3.63) is 12.2 Å². The van der Waals surface area contributed by atoms with Crippen LogP contribution >= 0.6 is 0 Å². The normalized spacial score (nSPS) is 13.3. The number of carbonyl (C=O) groups is 1. The molecule has 0 saturated heterocycles. The third-order valence-corrected chi connectivity index (χ3v) is 3.02. The Kier molecular flexibility index (Phi) is 17.8. The predicted molar refractivity (Wildman–Crippen MR) is 86.0 cm³/mol. The Bertz CT molecular complexity index is 360. The molecule has 1 unspecified atom stereocenters. The first kappa shape index (κ1) is 24.8. The minimum absolute atomic E-state index is 0. The molecule has 0 spiro atoms. The minimum Gasteiger partial charge on any atom is -0.862 e. The number of aliphatic imine (C=N–C) groups is 1. The number of aliphatic carboxylic acids is 1. The first-order valence-corrected chi connectivity index (χ1v) is 7.93. The second-order valence-electron chi connectivity index (χ2n) is 5.37. The zero-order valence-corrected chi connectivity index (χ0v) is 16.7. The third kappa shape index (κ3) is 17.8. The van der Waals surface area contributed by atoms with E-state index in [4.69, 9.17) is 5.11 Å². The molecule has 0 heterocycles. The number of carboxylic acids is 1. The molecule has 1 atom stereocenters. The maximum atomic E-state index is 11.6. The van der Waals surface area contributed by atoms with Gasteiger partial charge in [-0.1, -0.05) is 25.5 Å². The molecule has 0 bridgehead atoms. The van der Waals surface area contributed by atoms with Crippen molar-refractivity contribution in [2.75, 3.05) is 26.2 Å². The van der Waals surface area contributed by atoms with Gasteiger partial charge in [0.1, 0.15) is 0 Å². The summed E-state index contributed by atoms with van der Waals surface area (Å²) in [5.74, 6) is -1.00. The van der Waals surface area contributed by atoms with Gasteiger partial charge in [-0.2, -0.15) is 0 Å². The van der Waals surface area contributed by atoms with Crippen molar-refractivity contribution in [2.24, 2.45) is 4.99 Å². The second kappa shape index (κ2) is 16.5. The Morgan fingerprint density at radius 1 is 1.26 bits per heavy atom. The molecule has 0 rings (SSSR count). The number of hydrogen-bond donors (Lipinski definition) is 2. The third-order valence-electron chi connectivity index (χ3n) is 3.02. The number of allylic oxidation sites excluding steroid dienone is 2. The number of hydrogen-bond acceptors (Lipinski definition) is 5. The Balaban J connectivity index is 0. The monoisotopic (exact) mass is 336 g/mol. The molecule has 6 nitrogen and oxygen atoms in total. The molecule has 0 aliphatic heterocycles. The van der Waals surface area contributed by atoms with E-state index >= 15 is 0 Å². The van der Waals surface area contributed by atoms with Gasteiger partial charge in [-0.15, -0.1) is 0 Å². The van der Waals surface area contributed by atoms with Gasteiger partial charge in [0, 0.05) is 19.6 Å². The Labute approximate surface area is 161 Å². The molecule has 128 valence electrons. The number of aliphatic hydroxyl groups is 1. The van der Waals surface area contributed by atoms with E-state index in [0.29, 0.717) is 39.0 Å². The van der Waals surface area contributed by atoms with Crippen molar-refractivity contribution < 1.29 is 49.7 Å². The van der Waals surface area contributed by atoms with Crippen LogP contribution in [0.15, 0.2) is 17.1 Å². The van der Waals surface area contributed by atoms with Crippen molar-refractivity contribution in [1.29, 1.82) is 0 Å². The van der Waals surface area contributed by atoms with Gasteiger partial charge < -0.3 is 20.3 Å². The number of rotatable bonds is 13. The molecular weight excluding hydrogens is 307 g/mol. The summed E-state index contributed by atoms with van der Waals surface area (Å²) < 4.78 is 0. The zero-order valence-electron chi connectivity index (χ0n) is 14.7. The SMILES string of the molecule is CCC/C=C/CCC([O-])=NCCN(CCC(=O)O)CC(C)O.[Na+]. The van der Waals surface area contributed by atoms with Gasteiger partial charge in [0.25, 0.3) is 0 Å². The first-order chi connectivity index (χ1) is 10.5. The van der Waals surface area contributed by atoms with E-state index in [-0.39, 0.29) is 41.9 Å². The van der Waals surface area contributed by atoms with Crippen LogP contribution in [0, 0.1) is 0 Å². The van der Waals surface area contributed by atoms with E-state index in [1.54, 1.807) is 6.92 Å². The fourth-order valence-corrected chi connectivity index (χ4v) is 1.93. The van der Waals surface area contributed by atoms with Crippen LogP contribution in [0.3, 0.4) is 0 Å². The quantitative estimate of drug-likeness (QED) is 0.176. The Morgan fingerprint density at radius 2 is 1.91 bits per heavy atom. The van der Waals surface area contributed by atoms with E-state index in [0.717, 1.165) is 12.8 Å². The van der Waals surface area contributed by atoms with Crippen LogP contribution in [0.25, 0.3) is 0 Å². The minimum atomic E-state index is -0.873. The molecular formula is C16H29N2NaO4. The van der Waals surface area contributed by atoms with Crippen molar-refractivity contribution in [1.82, 2.24) is 4.90 Å². The van der Waals surface area contributed by atoms with Crippen LogP contribution in [-0.4, -0.2) is 59.3 Å². The van der Waals surface area contributed by atoms with Gasteiger partial charge in [0.15, 0.2) is 0 Å². The molecule has 0 saturated carbocycles. The van der Waals surface area contributed by atoms with Crippen LogP contribution in [-0.2, 0) is 4.79 Å². The Morgan fingerprint density at radius 3 is 2.48 bits per heavy atom. The number of carboxylic acid groups (broad SMARTS) is 1. The molecule has 0 aromatic heterocycles. The smallest absolute Gasteiger partial charge is 0.862 e. The van der Waals surface area contributed by atoms with Gasteiger partial charge >= 0.3 is 35.5 Å². The van der Waals surface area contributed by atoms with E-state index in [2.05, 4.69) is 18.0 Å². The number of unbranched alkanes of at least 4 members (excludes halogenated alkanes) is 1. The number of nitrogens with zero attached hydrogens (tertiary/aromatic N) is 2. The molecule has 0 aliphatic carbocycles. The summed E-state index contributed by atoms with van der Waals surface area (Å²) in [6.45, 7) is 5.31. The molecule has 0 radical (unpaired) electrons. The van der Waals surface area contributed by atoms with E-state index < -0.39 is 12.1 Å². The van der Waals surface area contributed by atoms with E-state index in [9.17, 15) is 15.0 Å². The molecule has 0 aliphatic rings. The van der Waals surface area contributed by atoms with Gasteiger partial charge in [-0.05, 0) is 32.1 Å². The molecule has 0 fully saturated rings. The zero-order chi connectivity index (χ0) is 16.8. The molecule has 23 heavy (non-hydrogen) atoms. The van der Waals surface area contributed by atoms with Crippen LogP contribution in [0.2, 0.25) is 0 Å². The standard InChI is InChI=1S/C16H30N2O4.Na/c1-3-4-5-6-7-8-15(20)17-10-12-18(13-14(2)19)11-9-16(21)22;/h5-6,14,19H,3-4,7-13H2,1-2H3,(H,17,20)(H,21,22);/q;+1/p-1/b6-5+;. The summed E-state index contributed by atoms with van der Waals surface area (Å²) in [6, 6.07) is 0. The van der Waals surface area contributed by atoms with Crippen molar-refractivity contribution in [2.45, 2.75) is 52.1 Å². The summed E-state index contributed by atoms with van der Waals surface area (Å²) in [5.41, 5.74) is 0. The first-order valence-electron chi connectivity index (χ1n) is 7.93. The molecule has 0 aromatic carbocycles. The molecule has 2 N–H and O–H groups in total. The van der Waals surface area contributed by atoms with Gasteiger partial charge in [0.05, 0.1) is 19.1 Å². The van der Waals surface area contributed by atoms with Crippen LogP contribution < -0.4 is 34.7 Å². The fourth-order valence-electron chi connectivity index (χ4n) is 1.93. The summed E-state index contributed by atoms with van der Waals surface area (Å²) in [4.78, 5) is 16.4. The second-order valence-corrected chi connectivity index (χ2v) is 5.37. The summed E-state index contributed by atoms with van der Waals surface area (Å²) in [6.07, 6.45) is 6.81. The molecule has 7 heteroatoms. The maximum Gasteiger partial charge on any atom is 1.00 e. The molecule has 0 aromatic rings. The van der Waals surface area contributed by atoms with E-state index in [1.165, 1.54) is 0 Å². The van der Waals surface area contributed by atoms with Crippen LogP contribution in [0.5, 0.6) is 0 Å².